The van der Waals surface area contributed by atoms with Gasteiger partial charge in [-0.15, -0.1) is 0 Å². The summed E-state index contributed by atoms with van der Waals surface area (Å²) >= 11 is 0. The van der Waals surface area contributed by atoms with E-state index in [0.717, 1.165) is 37.5 Å². The van der Waals surface area contributed by atoms with Crippen LogP contribution in [0.15, 0.2) is 36.0 Å². The number of unbranched alkanes of at least 4 members (excludes halogenated alkanes) is 13. The number of Topliss-reactive ketones (excluding diaryl/α,β-unsaturated/α-hetero) is 1. The van der Waals surface area contributed by atoms with Crippen LogP contribution in [-0.2, 0) is 71.3 Å². The van der Waals surface area contributed by atoms with Crippen molar-refractivity contribution in [1.29, 1.82) is 0 Å². The van der Waals surface area contributed by atoms with Crippen molar-refractivity contribution in [1.82, 2.24) is 0 Å². The maximum Gasteiger partial charge on any atom is 0.331 e. The lowest BCUT2D eigenvalue weighted by Gasteiger charge is -2.60. The highest BCUT2D eigenvalue weighted by Crippen LogP contribution is 2.54. The van der Waals surface area contributed by atoms with Crippen LogP contribution in [0.3, 0.4) is 0 Å². The molecule has 0 aliphatic carbocycles. The summed E-state index contributed by atoms with van der Waals surface area (Å²) in [5.74, 6) is -1.60. The van der Waals surface area contributed by atoms with E-state index >= 15 is 0 Å². The number of carboxylic acid groups (broad SMARTS) is 1. The Morgan fingerprint density at radius 3 is 2.12 bits per heavy atom. The molecule has 0 aromatic carbocycles. The SMILES string of the molecule is C=C(CC1CC(O)C2(C)OC3CC4OC5CC6(C)OC7(C)CCC(=O)C(C(C)CC8OC9CC%10OC(=O)C=C(C)C%10OC9(C)CC8OCCCCCCCCCCCCCCCC=O)OC7CC6OC5(C)CC=CC4OC3CC2O1)C(=O)O. The first-order chi connectivity index (χ1) is 39.6. The molecule has 22 unspecified atom stereocenters. The highest BCUT2D eigenvalue weighted by molar-refractivity contribution is 5.86. The van der Waals surface area contributed by atoms with Crippen LogP contribution in [0.25, 0.3) is 0 Å². The topological polar surface area (TPSA) is 210 Å². The monoisotopic (exact) mass is 1160 g/mol. The standard InChI is InChI=1S/C66H100O17/c1-40(31-46-51(38-64(6)53(76-46)36-50-60(82-64)41(2)32-58(70)78-50)73-29-22-20-18-16-14-12-10-9-11-13-15-17-19-21-28-67)59-44(68)25-27-63(5)54(79-59)37-55-65(7,83-63)39-57-62(4,81-55)26-23-24-45-47(77-57)34-49-48(75-45)35-56-66(8,80-49)52(69)33-43(74-56)30-42(3)61(71)72/h23-24,28,32,40,43,45-57,59-60,69H,3,9-22,25-27,29-31,33-39H2,1-2,4-8H3,(H,71,72). The van der Waals surface area contributed by atoms with E-state index in [-0.39, 0.29) is 97.1 Å². The highest BCUT2D eigenvalue weighted by Gasteiger charge is 2.64. The van der Waals surface area contributed by atoms with E-state index in [1.54, 1.807) is 0 Å². The second-order valence-electron chi connectivity index (χ2n) is 27.9. The molecule has 10 rings (SSSR count). The summed E-state index contributed by atoms with van der Waals surface area (Å²) in [4.78, 5) is 49.2. The number of ether oxygens (including phenoxy) is 11. The number of hydrogen-bond donors (Lipinski definition) is 2. The van der Waals surface area contributed by atoms with Crippen molar-refractivity contribution in [3.05, 3.63) is 36.0 Å². The predicted molar refractivity (Wildman–Crippen MR) is 307 cm³/mol. The number of hydrogen-bond acceptors (Lipinski definition) is 16. The Morgan fingerprint density at radius 2 is 1.41 bits per heavy atom. The molecule has 0 aromatic rings. The van der Waals surface area contributed by atoms with Crippen LogP contribution >= 0.6 is 0 Å². The Hall–Kier alpha value is -2.94. The third kappa shape index (κ3) is 14.0. The molecule has 10 aliphatic rings. The molecule has 0 aromatic heterocycles. The van der Waals surface area contributed by atoms with E-state index in [0.29, 0.717) is 77.2 Å². The summed E-state index contributed by atoms with van der Waals surface area (Å²) in [6.45, 7) is 18.6. The van der Waals surface area contributed by atoms with Gasteiger partial charge in [0.15, 0.2) is 5.78 Å². The zero-order valence-corrected chi connectivity index (χ0v) is 50.9. The van der Waals surface area contributed by atoms with Crippen LogP contribution in [0.5, 0.6) is 0 Å². The number of fused-ring (bicyclic) bond motifs is 8. The zero-order valence-electron chi connectivity index (χ0n) is 50.9. The lowest BCUT2D eigenvalue weighted by molar-refractivity contribution is -0.356. The van der Waals surface area contributed by atoms with Gasteiger partial charge in [0.25, 0.3) is 0 Å². The summed E-state index contributed by atoms with van der Waals surface area (Å²) in [5, 5.41) is 21.0. The molecule has 466 valence electrons. The first-order valence-electron chi connectivity index (χ1n) is 32.3. The Labute approximate surface area is 493 Å². The number of carboxylic acids is 1. The van der Waals surface area contributed by atoms with Gasteiger partial charge in [-0.05, 0) is 85.1 Å². The maximum absolute atomic E-state index is 14.5. The number of carbonyl (C=O) groups is 4. The van der Waals surface area contributed by atoms with E-state index in [1.165, 1.54) is 63.9 Å². The first kappa shape index (κ1) is 63.1. The molecule has 0 saturated carbocycles. The molecule has 2 N–H and O–H groups in total. The van der Waals surface area contributed by atoms with Crippen LogP contribution in [0.4, 0.5) is 0 Å². The van der Waals surface area contributed by atoms with E-state index in [1.807, 2.05) is 13.8 Å². The third-order valence-corrected chi connectivity index (χ3v) is 21.2. The Morgan fingerprint density at radius 1 is 0.723 bits per heavy atom. The van der Waals surface area contributed by atoms with Crippen molar-refractivity contribution >= 4 is 24.0 Å². The van der Waals surface area contributed by atoms with E-state index in [9.17, 15) is 29.4 Å². The van der Waals surface area contributed by atoms with E-state index in [2.05, 4.69) is 53.3 Å². The van der Waals surface area contributed by atoms with Gasteiger partial charge in [0, 0.05) is 82.5 Å². The Bertz CT molecular complexity index is 2360. The molecule has 0 amide bonds. The summed E-state index contributed by atoms with van der Waals surface area (Å²) in [6, 6.07) is 0. The fourth-order valence-corrected chi connectivity index (χ4v) is 16.0. The minimum Gasteiger partial charge on any atom is -0.478 e. The smallest absolute Gasteiger partial charge is 0.331 e. The average molecular weight is 1170 g/mol. The minimum absolute atomic E-state index is 0.0431. The molecule has 17 nitrogen and oxygen atoms in total. The van der Waals surface area contributed by atoms with Gasteiger partial charge < -0.3 is 67.1 Å². The van der Waals surface area contributed by atoms with Crippen LogP contribution in [0.1, 0.15) is 215 Å². The van der Waals surface area contributed by atoms with Crippen molar-refractivity contribution < 1.29 is 81.5 Å². The van der Waals surface area contributed by atoms with Crippen LogP contribution < -0.4 is 0 Å². The highest BCUT2D eigenvalue weighted by atomic mass is 16.6. The van der Waals surface area contributed by atoms with Crippen molar-refractivity contribution in [2.45, 2.75) is 341 Å². The van der Waals surface area contributed by atoms with Crippen molar-refractivity contribution in [3.63, 3.8) is 0 Å². The molecule has 22 atom stereocenters. The number of aldehydes is 1. The second-order valence-corrected chi connectivity index (χ2v) is 27.9. The summed E-state index contributed by atoms with van der Waals surface area (Å²) in [7, 11) is 0. The molecule has 83 heavy (non-hydrogen) atoms. The second kappa shape index (κ2) is 26.4. The Kier molecular flexibility index (Phi) is 20.1. The Balaban J connectivity index is 0.756. The molecule has 0 radical (unpaired) electrons. The molecular formula is C66H100O17. The summed E-state index contributed by atoms with van der Waals surface area (Å²) in [5.41, 5.74) is -3.02. The predicted octanol–water partition coefficient (Wildman–Crippen LogP) is 10.2. The number of esters is 1. The molecule has 8 fully saturated rings. The third-order valence-electron chi connectivity index (χ3n) is 21.2. The summed E-state index contributed by atoms with van der Waals surface area (Å²) in [6.07, 6.45) is 21.7. The van der Waals surface area contributed by atoms with Crippen molar-refractivity contribution in [2.24, 2.45) is 5.92 Å². The molecule has 0 spiro atoms. The van der Waals surface area contributed by atoms with Crippen LogP contribution in [0, 0.1) is 5.92 Å². The fraction of sp³-hybridized carbons (Fsp3) is 0.848. The molecule has 8 saturated heterocycles. The van der Waals surface area contributed by atoms with Crippen LogP contribution in [-0.4, -0.2) is 166 Å². The van der Waals surface area contributed by atoms with Gasteiger partial charge >= 0.3 is 11.9 Å². The molecule has 17 heteroatoms. The minimum atomic E-state index is -1.08. The van der Waals surface area contributed by atoms with Gasteiger partial charge in [0.2, 0.25) is 0 Å². The quantitative estimate of drug-likeness (QED) is 0.0320. The largest absolute Gasteiger partial charge is 0.478 e. The van der Waals surface area contributed by atoms with E-state index < -0.39 is 70.6 Å². The molecular weight excluding hydrogens is 1060 g/mol. The number of rotatable bonds is 23. The first-order valence-corrected chi connectivity index (χ1v) is 32.3. The van der Waals surface area contributed by atoms with Gasteiger partial charge in [0.05, 0.1) is 95.7 Å². The fourth-order valence-electron chi connectivity index (χ4n) is 16.0. The van der Waals surface area contributed by atoms with Gasteiger partial charge in [-0.2, -0.15) is 0 Å². The van der Waals surface area contributed by atoms with Crippen molar-refractivity contribution in [3.8, 4) is 0 Å². The van der Waals surface area contributed by atoms with Crippen LogP contribution in [0.2, 0.25) is 0 Å². The van der Waals surface area contributed by atoms with Gasteiger partial charge in [-0.1, -0.05) is 96.3 Å². The summed E-state index contributed by atoms with van der Waals surface area (Å²) < 4.78 is 75.4. The van der Waals surface area contributed by atoms with Gasteiger partial charge in [-0.25, -0.2) is 9.59 Å². The molecule has 10 heterocycles. The maximum atomic E-state index is 14.5. The zero-order chi connectivity index (χ0) is 58.9. The lowest BCUT2D eigenvalue weighted by Crippen LogP contribution is -2.70. The lowest BCUT2D eigenvalue weighted by atomic mass is 9.72. The molecule has 0 bridgehead atoms. The normalized spacial score (nSPS) is 44.2. The number of ketones is 1. The number of aliphatic hydroxyl groups is 1. The van der Waals surface area contributed by atoms with Crippen molar-refractivity contribution in [2.75, 3.05) is 6.61 Å². The number of carbonyl (C=O) groups excluding carboxylic acids is 3. The average Bonchev–Trinajstić information content (AvgIpc) is 2.24. The number of aliphatic carboxylic acids is 1. The van der Waals surface area contributed by atoms with Gasteiger partial charge in [0.1, 0.15) is 36.3 Å². The van der Waals surface area contributed by atoms with Gasteiger partial charge in [-0.3, -0.25) is 4.79 Å². The van der Waals surface area contributed by atoms with E-state index in [4.69, 9.17) is 52.1 Å². The number of aliphatic hydroxyl groups excluding tert-OH is 1. The molecule has 10 aliphatic heterocycles.